The van der Waals surface area contributed by atoms with Gasteiger partial charge in [0, 0.05) is 6.54 Å². The second kappa shape index (κ2) is 6.70. The van der Waals surface area contributed by atoms with Gasteiger partial charge in [-0.3, -0.25) is 0 Å². The summed E-state index contributed by atoms with van der Waals surface area (Å²) in [5.41, 5.74) is -0.763. The molecular weight excluding hydrogens is 258 g/mol. The Morgan fingerprint density at radius 2 is 1.89 bits per heavy atom. The van der Waals surface area contributed by atoms with Gasteiger partial charge in [0.05, 0.1) is 5.56 Å². The summed E-state index contributed by atoms with van der Waals surface area (Å²) in [6, 6.07) is 2.50. The quantitative estimate of drug-likeness (QED) is 0.630. The number of rotatable bonds is 5. The molecule has 1 N–H and O–H groups in total. The van der Waals surface area contributed by atoms with Crippen molar-refractivity contribution in [3.63, 3.8) is 0 Å². The van der Waals surface area contributed by atoms with Gasteiger partial charge in [0.25, 0.3) is 0 Å². The van der Waals surface area contributed by atoms with E-state index < -0.39 is 17.6 Å². The molecule has 106 valence electrons. The first-order chi connectivity index (χ1) is 8.79. The third kappa shape index (κ3) is 5.87. The topological polar surface area (TPSA) is 12.0 Å². The van der Waals surface area contributed by atoms with Gasteiger partial charge in [-0.2, -0.15) is 13.2 Å². The van der Waals surface area contributed by atoms with E-state index in [4.69, 9.17) is 0 Å². The Hall–Kier alpha value is -1.36. The van der Waals surface area contributed by atoms with Gasteiger partial charge in [-0.15, -0.1) is 0 Å². The first kappa shape index (κ1) is 15.7. The van der Waals surface area contributed by atoms with Crippen molar-refractivity contribution < 1.29 is 17.6 Å². The molecule has 0 saturated carbocycles. The SMILES string of the molecule is CC(C)CNC/C=C/c1cc(F)cc(C(F)(F)F)c1. The highest BCUT2D eigenvalue weighted by Crippen LogP contribution is 2.30. The van der Waals surface area contributed by atoms with Crippen molar-refractivity contribution in [3.8, 4) is 0 Å². The number of hydrogen-bond acceptors (Lipinski definition) is 1. The van der Waals surface area contributed by atoms with Crippen LogP contribution in [0.25, 0.3) is 6.08 Å². The zero-order chi connectivity index (χ0) is 14.5. The zero-order valence-corrected chi connectivity index (χ0v) is 10.9. The summed E-state index contributed by atoms with van der Waals surface area (Å²) in [7, 11) is 0. The minimum absolute atomic E-state index is 0.207. The molecule has 0 spiro atoms. The van der Waals surface area contributed by atoms with Gasteiger partial charge in [-0.25, -0.2) is 4.39 Å². The Morgan fingerprint density at radius 3 is 2.47 bits per heavy atom. The highest BCUT2D eigenvalue weighted by molar-refractivity contribution is 5.51. The minimum atomic E-state index is -4.53. The van der Waals surface area contributed by atoms with Crippen molar-refractivity contribution in [2.45, 2.75) is 20.0 Å². The summed E-state index contributed by atoms with van der Waals surface area (Å²) in [5.74, 6) is -0.385. The third-order valence-corrected chi connectivity index (χ3v) is 2.37. The molecule has 0 aliphatic carbocycles. The normalized spacial score (nSPS) is 12.6. The fourth-order valence-electron chi connectivity index (χ4n) is 1.52. The van der Waals surface area contributed by atoms with E-state index in [-0.39, 0.29) is 5.56 Å². The number of alkyl halides is 3. The molecule has 0 fully saturated rings. The molecule has 0 amide bonds. The number of hydrogen-bond donors (Lipinski definition) is 1. The van der Waals surface area contributed by atoms with Crippen LogP contribution in [0.4, 0.5) is 17.6 Å². The van der Waals surface area contributed by atoms with Gasteiger partial charge in [-0.1, -0.05) is 26.0 Å². The molecule has 0 unspecified atom stereocenters. The lowest BCUT2D eigenvalue weighted by atomic mass is 10.1. The molecule has 5 heteroatoms. The molecule has 0 heterocycles. The monoisotopic (exact) mass is 275 g/mol. The first-order valence-electron chi connectivity index (χ1n) is 6.04. The van der Waals surface area contributed by atoms with Gasteiger partial charge in [0.15, 0.2) is 0 Å². The van der Waals surface area contributed by atoms with Crippen LogP contribution in [0, 0.1) is 11.7 Å². The van der Waals surface area contributed by atoms with Gasteiger partial charge in [-0.05, 0) is 36.2 Å². The molecule has 19 heavy (non-hydrogen) atoms. The molecule has 0 saturated heterocycles. The maximum Gasteiger partial charge on any atom is 0.416 e. The van der Waals surface area contributed by atoms with Crippen LogP contribution in [0.2, 0.25) is 0 Å². The average Bonchev–Trinajstić information content (AvgIpc) is 2.26. The van der Waals surface area contributed by atoms with Crippen LogP contribution in [-0.4, -0.2) is 13.1 Å². The second-order valence-corrected chi connectivity index (χ2v) is 4.73. The largest absolute Gasteiger partial charge is 0.416 e. The second-order valence-electron chi connectivity index (χ2n) is 4.73. The minimum Gasteiger partial charge on any atom is -0.313 e. The summed E-state index contributed by atoms with van der Waals surface area (Å²) in [5, 5.41) is 3.11. The lowest BCUT2D eigenvalue weighted by molar-refractivity contribution is -0.137. The van der Waals surface area contributed by atoms with Crippen LogP contribution in [0.5, 0.6) is 0 Å². The van der Waals surface area contributed by atoms with Crippen LogP contribution in [0.1, 0.15) is 25.0 Å². The Bertz CT molecular complexity index is 436. The molecule has 0 radical (unpaired) electrons. The summed E-state index contributed by atoms with van der Waals surface area (Å²) < 4.78 is 50.5. The van der Waals surface area contributed by atoms with E-state index in [0.717, 1.165) is 18.7 Å². The number of benzene rings is 1. The molecule has 0 bridgehead atoms. The first-order valence-corrected chi connectivity index (χ1v) is 6.04. The molecule has 1 nitrogen and oxygen atoms in total. The van der Waals surface area contributed by atoms with Crippen molar-refractivity contribution in [2.75, 3.05) is 13.1 Å². The smallest absolute Gasteiger partial charge is 0.313 e. The van der Waals surface area contributed by atoms with E-state index in [1.54, 1.807) is 6.08 Å². The van der Waals surface area contributed by atoms with Crippen LogP contribution in [0.15, 0.2) is 24.3 Å². The van der Waals surface area contributed by atoms with Crippen LogP contribution >= 0.6 is 0 Å². The van der Waals surface area contributed by atoms with Gasteiger partial charge < -0.3 is 5.32 Å². The Labute approximate surface area is 110 Å². The van der Waals surface area contributed by atoms with Crippen molar-refractivity contribution in [1.29, 1.82) is 0 Å². The van der Waals surface area contributed by atoms with Crippen molar-refractivity contribution in [3.05, 3.63) is 41.2 Å². The average molecular weight is 275 g/mol. The molecule has 1 aromatic rings. The van der Waals surface area contributed by atoms with E-state index in [1.807, 2.05) is 0 Å². The highest BCUT2D eigenvalue weighted by atomic mass is 19.4. The highest BCUT2D eigenvalue weighted by Gasteiger charge is 2.31. The Morgan fingerprint density at radius 1 is 1.21 bits per heavy atom. The zero-order valence-electron chi connectivity index (χ0n) is 10.9. The molecular formula is C14H17F4N. The van der Waals surface area contributed by atoms with E-state index in [0.29, 0.717) is 18.5 Å². The van der Waals surface area contributed by atoms with E-state index in [1.165, 1.54) is 6.08 Å². The number of halogens is 4. The summed E-state index contributed by atoms with van der Waals surface area (Å²) in [6.07, 6.45) is -1.37. The molecule has 1 rings (SSSR count). The fourth-order valence-corrected chi connectivity index (χ4v) is 1.52. The standard InChI is InChI=1S/C14H17F4N/c1-10(2)9-19-5-3-4-11-6-12(14(16,17)18)8-13(15)7-11/h3-4,6-8,10,19H,5,9H2,1-2H3/b4-3+. The van der Waals surface area contributed by atoms with Crippen molar-refractivity contribution in [2.24, 2.45) is 5.92 Å². The lowest BCUT2D eigenvalue weighted by Gasteiger charge is -2.07. The molecule has 0 aromatic heterocycles. The van der Waals surface area contributed by atoms with E-state index in [9.17, 15) is 17.6 Å². The van der Waals surface area contributed by atoms with Crippen molar-refractivity contribution >= 4 is 6.08 Å². The van der Waals surface area contributed by atoms with Crippen LogP contribution < -0.4 is 5.32 Å². The van der Waals surface area contributed by atoms with E-state index >= 15 is 0 Å². The van der Waals surface area contributed by atoms with Crippen LogP contribution in [0.3, 0.4) is 0 Å². The van der Waals surface area contributed by atoms with Crippen LogP contribution in [-0.2, 0) is 6.18 Å². The molecule has 0 aliphatic rings. The molecule has 1 aromatic carbocycles. The van der Waals surface area contributed by atoms with Gasteiger partial charge >= 0.3 is 6.18 Å². The summed E-state index contributed by atoms with van der Waals surface area (Å²) >= 11 is 0. The van der Waals surface area contributed by atoms with Crippen molar-refractivity contribution in [1.82, 2.24) is 5.32 Å². The Balaban J connectivity index is 2.68. The number of nitrogens with one attached hydrogen (secondary N) is 1. The predicted molar refractivity (Wildman–Crippen MR) is 68.1 cm³/mol. The Kier molecular flexibility index (Phi) is 5.54. The predicted octanol–water partition coefficient (Wildman–Crippen LogP) is 4.10. The third-order valence-electron chi connectivity index (χ3n) is 2.37. The maximum atomic E-state index is 13.1. The van der Waals surface area contributed by atoms with Gasteiger partial charge in [0.2, 0.25) is 0 Å². The fraction of sp³-hybridized carbons (Fsp3) is 0.429. The summed E-state index contributed by atoms with van der Waals surface area (Å²) in [4.78, 5) is 0. The van der Waals surface area contributed by atoms with Gasteiger partial charge in [0.1, 0.15) is 5.82 Å². The summed E-state index contributed by atoms with van der Waals surface area (Å²) in [6.45, 7) is 5.47. The molecule has 0 aliphatic heterocycles. The molecule has 0 atom stereocenters. The maximum absolute atomic E-state index is 13.1. The van der Waals surface area contributed by atoms with E-state index in [2.05, 4.69) is 19.2 Å². The lowest BCUT2D eigenvalue weighted by Crippen LogP contribution is -2.19.